The monoisotopic (exact) mass is 418 g/mol. The Hall–Kier alpha value is -1.84. The van der Waals surface area contributed by atoms with Crippen LogP contribution in [0.3, 0.4) is 0 Å². The highest BCUT2D eigenvalue weighted by Gasteiger charge is 2.33. The molecule has 0 saturated heterocycles. The first-order valence-electron chi connectivity index (χ1n) is 12.0. The number of esters is 1. The van der Waals surface area contributed by atoms with E-state index in [-0.39, 0.29) is 11.1 Å². The van der Waals surface area contributed by atoms with Gasteiger partial charge in [0, 0.05) is 0 Å². The first-order valence-corrected chi connectivity index (χ1v) is 12.0. The van der Waals surface area contributed by atoms with Crippen LogP contribution in [0.2, 0.25) is 0 Å². The Morgan fingerprint density at radius 2 is 1.23 bits per heavy atom. The molecule has 0 bridgehead atoms. The molecule has 1 aromatic rings. The summed E-state index contributed by atoms with van der Waals surface area (Å²) >= 11 is 0. The highest BCUT2D eigenvalue weighted by Crippen LogP contribution is 2.32. The molecule has 0 aliphatic rings. The number of hydrogen-bond acceptors (Lipinski definition) is 3. The van der Waals surface area contributed by atoms with Crippen LogP contribution in [0.25, 0.3) is 0 Å². The largest absolute Gasteiger partial charge is 0.478 e. The summed E-state index contributed by atoms with van der Waals surface area (Å²) < 4.78 is 6.09. The predicted octanol–water partition coefficient (Wildman–Crippen LogP) is 7.80. The minimum absolute atomic E-state index is 0.00871. The fourth-order valence-corrected chi connectivity index (χ4v) is 4.03. The summed E-state index contributed by atoms with van der Waals surface area (Å²) in [5.41, 5.74) is -0.342. The lowest BCUT2D eigenvalue weighted by Crippen LogP contribution is -2.35. The summed E-state index contributed by atoms with van der Waals surface area (Å²) in [7, 11) is 0. The molecule has 1 unspecified atom stereocenters. The third-order valence-corrected chi connectivity index (χ3v) is 6.05. The zero-order valence-corrected chi connectivity index (χ0v) is 19.4. The summed E-state index contributed by atoms with van der Waals surface area (Å²) in [4.78, 5) is 24.5. The number of carboxylic acids is 1. The molecule has 0 saturated carbocycles. The second-order valence-corrected chi connectivity index (χ2v) is 8.46. The summed E-state index contributed by atoms with van der Waals surface area (Å²) in [5, 5.41) is 9.42. The maximum absolute atomic E-state index is 13.0. The molecule has 4 nitrogen and oxygen atoms in total. The van der Waals surface area contributed by atoms with Gasteiger partial charge < -0.3 is 9.84 Å². The number of ether oxygens (including phenoxy) is 1. The van der Waals surface area contributed by atoms with Crippen LogP contribution in [-0.4, -0.2) is 22.6 Å². The Balaban J connectivity index is 2.80. The van der Waals surface area contributed by atoms with Crippen molar-refractivity contribution in [1.29, 1.82) is 0 Å². The minimum atomic E-state index is -1.10. The first kappa shape index (κ1) is 26.2. The highest BCUT2D eigenvalue weighted by molar-refractivity contribution is 6.02. The van der Waals surface area contributed by atoms with Crippen molar-refractivity contribution in [2.75, 3.05) is 0 Å². The molecule has 1 N–H and O–H groups in total. The molecule has 0 aliphatic heterocycles. The summed E-state index contributed by atoms with van der Waals surface area (Å²) in [5.74, 6) is -1.60. The van der Waals surface area contributed by atoms with E-state index in [1.807, 2.05) is 0 Å². The molecule has 0 amide bonds. The summed E-state index contributed by atoms with van der Waals surface area (Å²) in [6.07, 6.45) is 15.5. The van der Waals surface area contributed by atoms with Crippen LogP contribution in [0.15, 0.2) is 24.3 Å². The molecule has 1 rings (SSSR count). The molecule has 1 aromatic carbocycles. The Kier molecular flexibility index (Phi) is 13.1. The van der Waals surface area contributed by atoms with E-state index in [4.69, 9.17) is 4.74 Å². The molecule has 0 heterocycles. The Labute approximate surface area is 183 Å². The van der Waals surface area contributed by atoms with Crippen LogP contribution in [0.1, 0.15) is 131 Å². The highest BCUT2D eigenvalue weighted by atomic mass is 16.6. The standard InChI is InChI=1S/C26H42O4/c1-4-7-9-11-12-13-17-21-26(6-3,20-16-10-8-5-2)30-25(29)23-19-15-14-18-22(23)24(27)28/h14-15,18-19H,4-13,16-17,20-21H2,1-3H3,(H,27,28). The van der Waals surface area contributed by atoms with Gasteiger partial charge >= 0.3 is 11.9 Å². The zero-order valence-electron chi connectivity index (χ0n) is 19.4. The third kappa shape index (κ3) is 9.32. The molecule has 0 aromatic heterocycles. The van der Waals surface area contributed by atoms with Gasteiger partial charge in [0.15, 0.2) is 0 Å². The van der Waals surface area contributed by atoms with Crippen LogP contribution in [0.5, 0.6) is 0 Å². The van der Waals surface area contributed by atoms with Crippen molar-refractivity contribution in [2.24, 2.45) is 0 Å². The van der Waals surface area contributed by atoms with Crippen LogP contribution < -0.4 is 0 Å². The van der Waals surface area contributed by atoms with Crippen molar-refractivity contribution in [3.63, 3.8) is 0 Å². The maximum Gasteiger partial charge on any atom is 0.339 e. The Morgan fingerprint density at radius 3 is 1.73 bits per heavy atom. The van der Waals surface area contributed by atoms with Crippen molar-refractivity contribution < 1.29 is 19.4 Å². The second kappa shape index (κ2) is 15.0. The van der Waals surface area contributed by atoms with Crippen LogP contribution in [0, 0.1) is 0 Å². The van der Waals surface area contributed by atoms with Crippen LogP contribution >= 0.6 is 0 Å². The summed E-state index contributed by atoms with van der Waals surface area (Å²) in [6, 6.07) is 6.34. The number of carbonyl (C=O) groups excluding carboxylic acids is 1. The topological polar surface area (TPSA) is 63.6 Å². The van der Waals surface area contributed by atoms with E-state index in [0.29, 0.717) is 0 Å². The summed E-state index contributed by atoms with van der Waals surface area (Å²) in [6.45, 7) is 6.50. The average Bonchev–Trinajstić information content (AvgIpc) is 2.75. The van der Waals surface area contributed by atoms with E-state index in [1.165, 1.54) is 51.0 Å². The van der Waals surface area contributed by atoms with E-state index in [2.05, 4.69) is 20.8 Å². The van der Waals surface area contributed by atoms with Gasteiger partial charge in [0.2, 0.25) is 0 Å². The van der Waals surface area contributed by atoms with Gasteiger partial charge in [0.25, 0.3) is 0 Å². The third-order valence-electron chi connectivity index (χ3n) is 6.05. The van der Waals surface area contributed by atoms with Crippen molar-refractivity contribution in [3.05, 3.63) is 35.4 Å². The van der Waals surface area contributed by atoms with Gasteiger partial charge in [-0.25, -0.2) is 9.59 Å². The smallest absolute Gasteiger partial charge is 0.339 e. The molecule has 4 heteroatoms. The van der Waals surface area contributed by atoms with Gasteiger partial charge in [-0.15, -0.1) is 0 Å². The number of carboxylic acid groups (broad SMARTS) is 1. The van der Waals surface area contributed by atoms with E-state index < -0.39 is 17.5 Å². The molecule has 170 valence electrons. The van der Waals surface area contributed by atoms with Gasteiger partial charge in [0.1, 0.15) is 5.60 Å². The number of aromatic carboxylic acids is 1. The van der Waals surface area contributed by atoms with Gasteiger partial charge in [-0.3, -0.25) is 0 Å². The number of unbranched alkanes of at least 4 members (excludes halogenated alkanes) is 9. The van der Waals surface area contributed by atoms with Gasteiger partial charge in [-0.2, -0.15) is 0 Å². The number of benzene rings is 1. The SMILES string of the molecule is CCCCCCCCCC(CC)(CCCCCC)OC(=O)c1ccccc1C(=O)O. The molecule has 0 fully saturated rings. The lowest BCUT2D eigenvalue weighted by Gasteiger charge is -2.33. The van der Waals surface area contributed by atoms with Crippen molar-refractivity contribution in [3.8, 4) is 0 Å². The van der Waals surface area contributed by atoms with Gasteiger partial charge in [0.05, 0.1) is 11.1 Å². The minimum Gasteiger partial charge on any atom is -0.478 e. The molecular formula is C26H42O4. The fourth-order valence-electron chi connectivity index (χ4n) is 4.03. The second-order valence-electron chi connectivity index (χ2n) is 8.46. The van der Waals surface area contributed by atoms with Gasteiger partial charge in [-0.05, 0) is 44.2 Å². The van der Waals surface area contributed by atoms with Gasteiger partial charge in [-0.1, -0.05) is 90.7 Å². The van der Waals surface area contributed by atoms with Crippen LogP contribution in [-0.2, 0) is 4.74 Å². The van der Waals surface area contributed by atoms with Crippen LogP contribution in [0.4, 0.5) is 0 Å². The Bertz CT molecular complexity index is 625. The van der Waals surface area contributed by atoms with E-state index in [9.17, 15) is 14.7 Å². The van der Waals surface area contributed by atoms with E-state index >= 15 is 0 Å². The lowest BCUT2D eigenvalue weighted by atomic mass is 9.87. The molecule has 30 heavy (non-hydrogen) atoms. The first-order chi connectivity index (χ1) is 14.5. The number of rotatable bonds is 17. The molecular weight excluding hydrogens is 376 g/mol. The van der Waals surface area contributed by atoms with Crippen molar-refractivity contribution >= 4 is 11.9 Å². The average molecular weight is 419 g/mol. The molecule has 0 radical (unpaired) electrons. The van der Waals surface area contributed by atoms with Crippen molar-refractivity contribution in [1.82, 2.24) is 0 Å². The molecule has 0 aliphatic carbocycles. The van der Waals surface area contributed by atoms with E-state index in [1.54, 1.807) is 18.2 Å². The zero-order chi connectivity index (χ0) is 22.2. The maximum atomic E-state index is 13.0. The van der Waals surface area contributed by atoms with E-state index in [0.717, 1.165) is 44.9 Å². The fraction of sp³-hybridized carbons (Fsp3) is 0.692. The lowest BCUT2D eigenvalue weighted by molar-refractivity contribution is -0.0325. The van der Waals surface area contributed by atoms with Crippen molar-refractivity contribution in [2.45, 2.75) is 116 Å². The number of hydrogen-bond donors (Lipinski definition) is 1. The predicted molar refractivity (Wildman–Crippen MR) is 123 cm³/mol. The molecule has 1 atom stereocenters. The Morgan fingerprint density at radius 1 is 0.767 bits per heavy atom. The molecule has 0 spiro atoms. The normalized spacial score (nSPS) is 13.0. The quantitative estimate of drug-likeness (QED) is 0.207. The number of carbonyl (C=O) groups is 2.